The third kappa shape index (κ3) is 3.00. The Morgan fingerprint density at radius 3 is 2.65 bits per heavy atom. The van der Waals surface area contributed by atoms with E-state index in [1.54, 1.807) is 6.07 Å². The summed E-state index contributed by atoms with van der Waals surface area (Å²) in [5, 5.41) is 4.03. The lowest BCUT2D eigenvalue weighted by Gasteiger charge is -2.12. The molecule has 0 saturated carbocycles. The van der Waals surface area contributed by atoms with Crippen LogP contribution in [-0.4, -0.2) is 18.6 Å². The maximum absolute atomic E-state index is 14.0. The van der Waals surface area contributed by atoms with Crippen LogP contribution in [0, 0.1) is 11.7 Å². The van der Waals surface area contributed by atoms with Crippen molar-refractivity contribution in [3.05, 3.63) is 29.7 Å². The Balaban J connectivity index is 2.58. The molecule has 1 N–H and O–H groups in total. The van der Waals surface area contributed by atoms with Gasteiger partial charge in [0.2, 0.25) is 0 Å². The minimum atomic E-state index is -0.365. The summed E-state index contributed by atoms with van der Waals surface area (Å²) in [7, 11) is 1.86. The Morgan fingerprint density at radius 1 is 1.30 bits per heavy atom. The van der Waals surface area contributed by atoms with Crippen LogP contribution in [0.5, 0.6) is 5.75 Å². The Morgan fingerprint density at radius 2 is 2.05 bits per heavy atom. The summed E-state index contributed by atoms with van der Waals surface area (Å²) in [5.41, 5.74) is 2.58. The van der Waals surface area contributed by atoms with E-state index in [9.17, 15) is 4.39 Å². The van der Waals surface area contributed by atoms with E-state index in [-0.39, 0.29) is 11.6 Å². The second-order valence-electron chi connectivity index (χ2n) is 5.24. The molecule has 3 nitrogen and oxygen atoms in total. The van der Waals surface area contributed by atoms with Crippen molar-refractivity contribution in [1.29, 1.82) is 0 Å². The number of nitrogens with zero attached hydrogens (tertiary/aromatic N) is 1. The Bertz CT molecular complexity index is 611. The molecule has 1 aromatic carbocycles. The SMILES string of the molecule is CCOc1cc2c(NC)cc(CC(C)C)nc2cc1F. The monoisotopic (exact) mass is 276 g/mol. The van der Waals surface area contributed by atoms with Crippen molar-refractivity contribution in [2.75, 3.05) is 19.0 Å². The van der Waals surface area contributed by atoms with Crippen molar-refractivity contribution in [3.63, 3.8) is 0 Å². The van der Waals surface area contributed by atoms with Crippen LogP contribution in [0.1, 0.15) is 26.5 Å². The number of ether oxygens (including phenoxy) is 1. The topological polar surface area (TPSA) is 34.1 Å². The second-order valence-corrected chi connectivity index (χ2v) is 5.24. The number of nitrogens with one attached hydrogen (secondary N) is 1. The highest BCUT2D eigenvalue weighted by molar-refractivity contribution is 5.92. The summed E-state index contributed by atoms with van der Waals surface area (Å²) in [4.78, 5) is 4.55. The molecule has 1 heterocycles. The quantitative estimate of drug-likeness (QED) is 0.895. The minimum Gasteiger partial charge on any atom is -0.491 e. The number of benzene rings is 1. The van der Waals surface area contributed by atoms with Gasteiger partial charge in [-0.15, -0.1) is 0 Å². The summed E-state index contributed by atoms with van der Waals surface area (Å²) in [6, 6.07) is 5.19. The van der Waals surface area contributed by atoms with Gasteiger partial charge in [-0.2, -0.15) is 0 Å². The Kier molecular flexibility index (Phi) is 4.42. The molecule has 0 aliphatic heterocycles. The van der Waals surface area contributed by atoms with Crippen LogP contribution < -0.4 is 10.1 Å². The van der Waals surface area contributed by atoms with Crippen LogP contribution in [0.25, 0.3) is 10.9 Å². The van der Waals surface area contributed by atoms with E-state index in [4.69, 9.17) is 4.74 Å². The molecule has 0 atom stereocenters. The van der Waals surface area contributed by atoms with E-state index in [1.165, 1.54) is 6.07 Å². The summed E-state index contributed by atoms with van der Waals surface area (Å²) in [6.07, 6.45) is 0.874. The first-order chi connectivity index (χ1) is 9.55. The maximum Gasteiger partial charge on any atom is 0.167 e. The normalized spacial score (nSPS) is 11.1. The zero-order valence-electron chi connectivity index (χ0n) is 12.5. The third-order valence-electron chi connectivity index (χ3n) is 3.10. The van der Waals surface area contributed by atoms with Gasteiger partial charge in [-0.05, 0) is 31.4 Å². The van der Waals surface area contributed by atoms with Crippen LogP contribution >= 0.6 is 0 Å². The van der Waals surface area contributed by atoms with Crippen molar-refractivity contribution in [1.82, 2.24) is 4.98 Å². The number of fused-ring (bicyclic) bond motifs is 1. The van der Waals surface area contributed by atoms with Gasteiger partial charge in [0.1, 0.15) is 0 Å². The molecule has 2 aromatic rings. The van der Waals surface area contributed by atoms with Gasteiger partial charge in [0.15, 0.2) is 11.6 Å². The van der Waals surface area contributed by atoms with Gasteiger partial charge in [-0.25, -0.2) is 4.39 Å². The molecule has 0 saturated heterocycles. The van der Waals surface area contributed by atoms with E-state index in [0.29, 0.717) is 18.0 Å². The van der Waals surface area contributed by atoms with Crippen LogP contribution in [0.2, 0.25) is 0 Å². The van der Waals surface area contributed by atoms with Gasteiger partial charge in [-0.1, -0.05) is 13.8 Å². The molecule has 0 radical (unpaired) electrons. The Labute approximate surface area is 119 Å². The second kappa shape index (κ2) is 6.07. The van der Waals surface area contributed by atoms with Crippen molar-refractivity contribution in [3.8, 4) is 5.75 Å². The molecule has 0 bridgehead atoms. The first-order valence-electron chi connectivity index (χ1n) is 6.98. The fraction of sp³-hybridized carbons (Fsp3) is 0.438. The predicted molar refractivity (Wildman–Crippen MR) is 81.0 cm³/mol. The van der Waals surface area contributed by atoms with E-state index < -0.39 is 0 Å². The highest BCUT2D eigenvalue weighted by Gasteiger charge is 2.11. The van der Waals surface area contributed by atoms with Gasteiger partial charge >= 0.3 is 0 Å². The lowest BCUT2D eigenvalue weighted by Crippen LogP contribution is -2.02. The predicted octanol–water partition coefficient (Wildman–Crippen LogP) is 4.01. The van der Waals surface area contributed by atoms with Crippen molar-refractivity contribution >= 4 is 16.6 Å². The molecule has 0 unspecified atom stereocenters. The average molecular weight is 276 g/mol. The summed E-state index contributed by atoms with van der Waals surface area (Å²) < 4.78 is 19.3. The summed E-state index contributed by atoms with van der Waals surface area (Å²) >= 11 is 0. The van der Waals surface area contributed by atoms with E-state index in [0.717, 1.165) is 23.2 Å². The lowest BCUT2D eigenvalue weighted by molar-refractivity contribution is 0.322. The van der Waals surface area contributed by atoms with Crippen molar-refractivity contribution in [2.45, 2.75) is 27.2 Å². The first-order valence-corrected chi connectivity index (χ1v) is 6.98. The number of pyridine rings is 1. The summed E-state index contributed by atoms with van der Waals surface area (Å²) in [6.45, 7) is 6.57. The minimum absolute atomic E-state index is 0.273. The van der Waals surface area contributed by atoms with Crippen LogP contribution in [0.3, 0.4) is 0 Å². The molecular weight excluding hydrogens is 255 g/mol. The number of hydrogen-bond donors (Lipinski definition) is 1. The number of aromatic nitrogens is 1. The molecule has 0 aliphatic rings. The van der Waals surface area contributed by atoms with E-state index in [1.807, 2.05) is 20.0 Å². The van der Waals surface area contributed by atoms with E-state index in [2.05, 4.69) is 24.1 Å². The van der Waals surface area contributed by atoms with Crippen LogP contribution in [0.15, 0.2) is 18.2 Å². The van der Waals surface area contributed by atoms with Crippen molar-refractivity contribution in [2.24, 2.45) is 5.92 Å². The van der Waals surface area contributed by atoms with Gasteiger partial charge < -0.3 is 10.1 Å². The van der Waals surface area contributed by atoms with Gasteiger partial charge in [0.25, 0.3) is 0 Å². The molecule has 0 aliphatic carbocycles. The van der Waals surface area contributed by atoms with E-state index >= 15 is 0 Å². The lowest BCUT2D eigenvalue weighted by atomic mass is 10.1. The third-order valence-corrected chi connectivity index (χ3v) is 3.10. The number of anilines is 1. The molecule has 0 amide bonds. The molecule has 108 valence electrons. The molecule has 20 heavy (non-hydrogen) atoms. The molecule has 0 spiro atoms. The first kappa shape index (κ1) is 14.6. The van der Waals surface area contributed by atoms with Gasteiger partial charge in [0.05, 0.1) is 12.1 Å². The number of hydrogen-bond acceptors (Lipinski definition) is 3. The fourth-order valence-electron chi connectivity index (χ4n) is 2.28. The fourth-order valence-corrected chi connectivity index (χ4v) is 2.28. The number of rotatable bonds is 5. The molecular formula is C16H21FN2O. The van der Waals surface area contributed by atoms with Crippen LogP contribution in [-0.2, 0) is 6.42 Å². The van der Waals surface area contributed by atoms with Crippen molar-refractivity contribution < 1.29 is 9.13 Å². The zero-order valence-corrected chi connectivity index (χ0v) is 12.5. The molecule has 1 aromatic heterocycles. The zero-order chi connectivity index (χ0) is 14.7. The Hall–Kier alpha value is -1.84. The molecule has 0 fully saturated rings. The largest absolute Gasteiger partial charge is 0.491 e. The highest BCUT2D eigenvalue weighted by Crippen LogP contribution is 2.30. The van der Waals surface area contributed by atoms with Crippen LogP contribution in [0.4, 0.5) is 10.1 Å². The highest BCUT2D eigenvalue weighted by atomic mass is 19.1. The summed E-state index contributed by atoms with van der Waals surface area (Å²) in [5.74, 6) is 0.419. The standard InChI is InChI=1S/C16H21FN2O/c1-5-20-16-8-12-14(18-4)7-11(6-10(2)3)19-15(12)9-13(16)17/h7-10H,5-6H2,1-4H3,(H,18,19). The maximum atomic E-state index is 14.0. The average Bonchev–Trinajstić information content (AvgIpc) is 2.38. The van der Waals surface area contributed by atoms with Gasteiger partial charge in [0, 0.05) is 29.9 Å². The molecule has 4 heteroatoms. The van der Waals surface area contributed by atoms with Gasteiger partial charge in [-0.3, -0.25) is 4.98 Å². The smallest absolute Gasteiger partial charge is 0.167 e. The molecule has 2 rings (SSSR count). The number of halogens is 1.